The summed E-state index contributed by atoms with van der Waals surface area (Å²) in [6.45, 7) is 4.29. The first kappa shape index (κ1) is 11.1. The molecule has 4 heteroatoms. The monoisotopic (exact) mass is 208 g/mol. The highest BCUT2D eigenvalue weighted by molar-refractivity contribution is 5.51. The summed E-state index contributed by atoms with van der Waals surface area (Å²) in [6, 6.07) is 4.86. The van der Waals surface area contributed by atoms with E-state index in [9.17, 15) is 4.79 Å². The van der Waals surface area contributed by atoms with Gasteiger partial charge >= 0.3 is 0 Å². The molecule has 0 saturated heterocycles. The smallest absolute Gasteiger partial charge is 0.298 e. The summed E-state index contributed by atoms with van der Waals surface area (Å²) < 4.78 is 15.1. The van der Waals surface area contributed by atoms with Gasteiger partial charge in [-0.3, -0.25) is 4.79 Å². The van der Waals surface area contributed by atoms with Crippen molar-refractivity contribution in [2.45, 2.75) is 0 Å². The van der Waals surface area contributed by atoms with Crippen molar-refractivity contribution in [2.24, 2.45) is 0 Å². The van der Waals surface area contributed by atoms with Gasteiger partial charge in [-0.05, 0) is 12.1 Å². The Morgan fingerprint density at radius 3 is 2.80 bits per heavy atom. The molecule has 0 aliphatic heterocycles. The third-order valence-electron chi connectivity index (χ3n) is 1.68. The molecule has 0 aliphatic carbocycles. The van der Waals surface area contributed by atoms with Gasteiger partial charge in [0.1, 0.15) is 12.4 Å². The Bertz CT molecular complexity index is 346. The predicted molar refractivity (Wildman–Crippen MR) is 55.4 cm³/mol. The van der Waals surface area contributed by atoms with Crippen molar-refractivity contribution in [1.82, 2.24) is 0 Å². The van der Waals surface area contributed by atoms with Crippen molar-refractivity contribution in [2.75, 3.05) is 13.7 Å². The van der Waals surface area contributed by atoms with Crippen LogP contribution in [-0.2, 0) is 4.79 Å². The minimum absolute atomic E-state index is 0.360. The van der Waals surface area contributed by atoms with Crippen molar-refractivity contribution >= 4 is 6.47 Å². The first-order chi connectivity index (χ1) is 7.31. The van der Waals surface area contributed by atoms with E-state index in [1.807, 2.05) is 0 Å². The van der Waals surface area contributed by atoms with Crippen LogP contribution in [0.5, 0.6) is 17.2 Å². The fourth-order valence-electron chi connectivity index (χ4n) is 1.04. The normalized spacial score (nSPS) is 9.13. The van der Waals surface area contributed by atoms with E-state index in [-0.39, 0.29) is 0 Å². The maximum atomic E-state index is 10.1. The van der Waals surface area contributed by atoms with E-state index >= 15 is 0 Å². The van der Waals surface area contributed by atoms with E-state index in [1.165, 1.54) is 7.11 Å². The van der Waals surface area contributed by atoms with E-state index in [0.717, 1.165) is 0 Å². The number of methoxy groups -OCH3 is 1. The Balaban J connectivity index is 2.87. The lowest BCUT2D eigenvalue weighted by molar-refractivity contribution is -0.120. The molecule has 15 heavy (non-hydrogen) atoms. The molecule has 0 N–H and O–H groups in total. The van der Waals surface area contributed by atoms with Gasteiger partial charge in [0.2, 0.25) is 0 Å². The van der Waals surface area contributed by atoms with Gasteiger partial charge in [0.15, 0.2) is 11.5 Å². The Kier molecular flexibility index (Phi) is 4.22. The Morgan fingerprint density at radius 1 is 1.40 bits per heavy atom. The van der Waals surface area contributed by atoms with Crippen molar-refractivity contribution in [3.63, 3.8) is 0 Å². The standard InChI is InChI=1S/C11H12O4/c1-3-6-14-10-5-4-9(15-8-12)7-11(10)13-2/h3-5,7-8H,1,6H2,2H3. The first-order valence-electron chi connectivity index (χ1n) is 4.34. The summed E-state index contributed by atoms with van der Waals surface area (Å²) in [5.41, 5.74) is 0. The van der Waals surface area contributed by atoms with Gasteiger partial charge in [0, 0.05) is 6.07 Å². The Hall–Kier alpha value is -1.97. The summed E-state index contributed by atoms with van der Waals surface area (Å²) in [4.78, 5) is 10.1. The summed E-state index contributed by atoms with van der Waals surface area (Å²) in [5, 5.41) is 0. The maximum Gasteiger partial charge on any atom is 0.298 e. The van der Waals surface area contributed by atoms with Gasteiger partial charge in [-0.15, -0.1) is 0 Å². The highest BCUT2D eigenvalue weighted by Gasteiger charge is 2.05. The first-order valence-corrected chi connectivity index (χ1v) is 4.34. The van der Waals surface area contributed by atoms with Crippen LogP contribution < -0.4 is 14.2 Å². The minimum Gasteiger partial charge on any atom is -0.493 e. The number of benzene rings is 1. The van der Waals surface area contributed by atoms with E-state index in [4.69, 9.17) is 9.47 Å². The molecular formula is C11H12O4. The summed E-state index contributed by atoms with van der Waals surface area (Å²) in [5.74, 6) is 1.50. The van der Waals surface area contributed by atoms with Crippen LogP contribution in [0.1, 0.15) is 0 Å². The molecule has 0 atom stereocenters. The molecule has 0 bridgehead atoms. The highest BCUT2D eigenvalue weighted by Crippen LogP contribution is 2.30. The number of hydrogen-bond acceptors (Lipinski definition) is 4. The second-order valence-electron chi connectivity index (χ2n) is 2.63. The molecule has 0 unspecified atom stereocenters. The molecule has 0 amide bonds. The van der Waals surface area contributed by atoms with Gasteiger partial charge in [-0.2, -0.15) is 0 Å². The number of hydrogen-bond donors (Lipinski definition) is 0. The number of carbonyl (C=O) groups excluding carboxylic acids is 1. The second-order valence-corrected chi connectivity index (χ2v) is 2.63. The summed E-state index contributed by atoms with van der Waals surface area (Å²) >= 11 is 0. The molecule has 1 rings (SSSR count). The molecule has 1 aromatic carbocycles. The van der Waals surface area contributed by atoms with Crippen LogP contribution in [0, 0.1) is 0 Å². The molecule has 0 heterocycles. The van der Waals surface area contributed by atoms with Crippen LogP contribution in [-0.4, -0.2) is 20.2 Å². The van der Waals surface area contributed by atoms with E-state index < -0.39 is 0 Å². The van der Waals surface area contributed by atoms with Crippen molar-refractivity contribution in [3.8, 4) is 17.2 Å². The molecule has 1 aromatic rings. The molecule has 4 nitrogen and oxygen atoms in total. The summed E-state index contributed by atoms with van der Waals surface area (Å²) in [7, 11) is 1.51. The van der Waals surface area contributed by atoms with E-state index in [0.29, 0.717) is 30.3 Å². The zero-order valence-corrected chi connectivity index (χ0v) is 8.43. The Labute approximate surface area is 88.1 Å². The zero-order chi connectivity index (χ0) is 11.1. The molecule has 80 valence electrons. The molecule has 0 aromatic heterocycles. The van der Waals surface area contributed by atoms with Crippen LogP contribution in [0.2, 0.25) is 0 Å². The van der Waals surface area contributed by atoms with Gasteiger partial charge in [-0.1, -0.05) is 12.7 Å². The van der Waals surface area contributed by atoms with Crippen molar-refractivity contribution < 1.29 is 19.0 Å². The van der Waals surface area contributed by atoms with Gasteiger partial charge < -0.3 is 14.2 Å². The van der Waals surface area contributed by atoms with Gasteiger partial charge in [0.25, 0.3) is 6.47 Å². The average molecular weight is 208 g/mol. The lowest BCUT2D eigenvalue weighted by atomic mass is 10.3. The fourth-order valence-corrected chi connectivity index (χ4v) is 1.04. The minimum atomic E-state index is 0.360. The molecule has 0 aliphatic rings. The van der Waals surface area contributed by atoms with E-state index in [2.05, 4.69) is 11.3 Å². The highest BCUT2D eigenvalue weighted by atomic mass is 16.5. The largest absolute Gasteiger partial charge is 0.493 e. The maximum absolute atomic E-state index is 10.1. The SMILES string of the molecule is C=CCOc1ccc(OC=O)cc1OC. The lowest BCUT2D eigenvalue weighted by Gasteiger charge is -2.09. The Morgan fingerprint density at radius 2 is 2.20 bits per heavy atom. The van der Waals surface area contributed by atoms with Crippen molar-refractivity contribution in [1.29, 1.82) is 0 Å². The van der Waals surface area contributed by atoms with Gasteiger partial charge in [-0.25, -0.2) is 0 Å². The number of rotatable bonds is 6. The van der Waals surface area contributed by atoms with Crippen LogP contribution in [0.15, 0.2) is 30.9 Å². The second kappa shape index (κ2) is 5.70. The lowest BCUT2D eigenvalue weighted by Crippen LogP contribution is -1.97. The molecule has 0 spiro atoms. The van der Waals surface area contributed by atoms with Crippen LogP contribution in [0.3, 0.4) is 0 Å². The molecule has 0 saturated carbocycles. The molecule has 0 fully saturated rings. The van der Waals surface area contributed by atoms with Gasteiger partial charge in [0.05, 0.1) is 7.11 Å². The fraction of sp³-hybridized carbons (Fsp3) is 0.182. The molecule has 0 radical (unpaired) electrons. The van der Waals surface area contributed by atoms with Crippen LogP contribution in [0.4, 0.5) is 0 Å². The number of ether oxygens (including phenoxy) is 3. The predicted octanol–water partition coefficient (Wildman–Crippen LogP) is 1.80. The topological polar surface area (TPSA) is 44.8 Å². The quantitative estimate of drug-likeness (QED) is 0.528. The number of carbonyl (C=O) groups is 1. The average Bonchev–Trinajstić information content (AvgIpc) is 2.27. The third-order valence-corrected chi connectivity index (χ3v) is 1.68. The third kappa shape index (κ3) is 3.02. The van der Waals surface area contributed by atoms with Crippen LogP contribution >= 0.6 is 0 Å². The van der Waals surface area contributed by atoms with Crippen LogP contribution in [0.25, 0.3) is 0 Å². The van der Waals surface area contributed by atoms with E-state index in [1.54, 1.807) is 24.3 Å². The zero-order valence-electron chi connectivity index (χ0n) is 8.43. The molecular weight excluding hydrogens is 196 g/mol. The summed E-state index contributed by atoms with van der Waals surface area (Å²) in [6.07, 6.45) is 1.63. The van der Waals surface area contributed by atoms with Crippen molar-refractivity contribution in [3.05, 3.63) is 30.9 Å².